The number of nitrogens with two attached hydrogens (primary N) is 1. The minimum atomic E-state index is -3.49. The van der Waals surface area contributed by atoms with Crippen molar-refractivity contribution in [3.05, 3.63) is 98.7 Å². The Balaban J connectivity index is 0.000000190. The van der Waals surface area contributed by atoms with E-state index in [1.54, 1.807) is 47.3 Å². The fraction of sp³-hybridized carbons (Fsp3) is 0.570. The Labute approximate surface area is 754 Å². The number of benzene rings is 3. The lowest BCUT2D eigenvalue weighted by Crippen LogP contribution is -2.48. The van der Waals surface area contributed by atoms with Gasteiger partial charge in [0.1, 0.15) is 68.8 Å². The maximum absolute atomic E-state index is 14.8. The van der Waals surface area contributed by atoms with Gasteiger partial charge in [0, 0.05) is 70.4 Å². The average molecular weight is 1830 g/mol. The van der Waals surface area contributed by atoms with Crippen LogP contribution in [0.4, 0.5) is 10.3 Å². The number of nitrogens with zero attached hydrogens (tertiary/aromatic N) is 6. The maximum Gasteiger partial charge on any atom is 0.310 e. The molecule has 7 N–H and O–H groups in total. The molecule has 6 saturated carbocycles. The number of sulfonamides is 1. The Morgan fingerprint density at radius 2 is 0.992 bits per heavy atom. The number of likely N-dealkylation sites (tertiary alicyclic amines) is 2. The molecule has 8 aliphatic rings. The summed E-state index contributed by atoms with van der Waals surface area (Å²) in [6, 6.07) is 15.6. The summed E-state index contributed by atoms with van der Waals surface area (Å²) in [5, 5.41) is 30.5. The Bertz CT molecular complexity index is 5460. The van der Waals surface area contributed by atoms with E-state index in [1.165, 1.54) is 71.7 Å². The number of nitrogens with one attached hydrogen (secondary N) is 3. The number of rotatable bonds is 32. The normalized spacial score (nSPS) is 25.4. The second-order valence-corrected chi connectivity index (χ2v) is 43.2. The number of anilines is 2. The molecule has 680 valence electrons. The SMILES string of the molecule is C=C[C@@H]1C[C@]1(CC(=O)C1C[C@@H](Oc2cc(-c3nc(NC(C)C)sc3C)nc3c(Cl)c(OC)ccc23)CN1C(=O)[C@@H](CC(=O)OC1C[C@@H]2C[C@@H]2C1)C(C)(C)C)C(=O)O.CC[C@@H]1C[C@]1(CC(=O)C1C[C@@H](Oc2cc(-c3nc(NC(C)C)sc3C)nc3c(Cl)c(OC)ccc23)CN1C(=O)[C@@H](CC(=O)OC1C[C@@H]2C[C@@H]2C1)C(C)(C)C)C(=O)O.Cc1ccc(S(=O)(=O)NN)cc1. The van der Waals surface area contributed by atoms with E-state index in [-0.39, 0.29) is 116 Å². The molecule has 16 atom stereocenters. The molecule has 126 heavy (non-hydrogen) atoms. The van der Waals surface area contributed by atoms with Crippen LogP contribution in [0, 0.1) is 89.8 Å². The van der Waals surface area contributed by atoms with Crippen molar-refractivity contribution >= 4 is 135 Å². The first kappa shape index (κ1) is 94.5. The molecule has 4 aromatic heterocycles. The largest absolute Gasteiger partial charge is 0.495 e. The van der Waals surface area contributed by atoms with Crippen LogP contribution in [0.1, 0.15) is 188 Å². The molecule has 28 nitrogen and oxygen atoms in total. The lowest BCUT2D eigenvalue weighted by Gasteiger charge is -2.35. The minimum absolute atomic E-state index is 0.0367. The summed E-state index contributed by atoms with van der Waals surface area (Å²) in [6.45, 7) is 31.2. The number of carbonyl (C=O) groups excluding carboxylic acids is 6. The van der Waals surface area contributed by atoms with Crippen LogP contribution in [-0.2, 0) is 57.9 Å². The topological polar surface area (TPSA) is 387 Å². The molecule has 33 heteroatoms. The van der Waals surface area contributed by atoms with E-state index in [4.69, 9.17) is 77.4 Å². The molecule has 6 aliphatic carbocycles. The molecular formula is C93H118Cl2N10O18S3. The fourth-order valence-electron chi connectivity index (χ4n) is 18.8. The number of aryl methyl sites for hydroxylation is 3. The zero-order valence-corrected chi connectivity index (χ0v) is 78.4. The van der Waals surface area contributed by atoms with Gasteiger partial charge in [-0.3, -0.25) is 44.2 Å². The van der Waals surface area contributed by atoms with Crippen molar-refractivity contribution in [2.24, 2.45) is 74.8 Å². The Kier molecular flexibility index (Phi) is 28.1. The average Bonchev–Trinajstić information content (AvgIpc) is 1.57. The number of hydrazine groups is 1. The van der Waals surface area contributed by atoms with Crippen LogP contribution in [0.3, 0.4) is 0 Å². The Morgan fingerprint density at radius 3 is 1.33 bits per heavy atom. The minimum Gasteiger partial charge on any atom is -0.495 e. The number of pyridine rings is 2. The molecule has 4 unspecified atom stereocenters. The van der Waals surface area contributed by atoms with Gasteiger partial charge in [-0.15, -0.1) is 29.3 Å². The van der Waals surface area contributed by atoms with Crippen molar-refractivity contribution in [3.63, 3.8) is 0 Å². The van der Waals surface area contributed by atoms with Crippen LogP contribution in [0.15, 0.2) is 78.2 Å². The van der Waals surface area contributed by atoms with E-state index >= 15 is 0 Å². The van der Waals surface area contributed by atoms with E-state index in [0.29, 0.717) is 121 Å². The summed E-state index contributed by atoms with van der Waals surface area (Å²) in [6.07, 6.45) is 6.83. The zero-order valence-electron chi connectivity index (χ0n) is 74.5. The molecule has 6 heterocycles. The number of fused-ring (bicyclic) bond motifs is 4. The number of halogens is 2. The predicted octanol–water partition coefficient (Wildman–Crippen LogP) is 16.6. The van der Waals surface area contributed by atoms with Gasteiger partial charge in [0.05, 0.1) is 102 Å². The monoisotopic (exact) mass is 1830 g/mol. The third-order valence-corrected chi connectivity index (χ3v) is 30.1. The van der Waals surface area contributed by atoms with E-state index in [2.05, 4.69) is 17.2 Å². The Morgan fingerprint density at radius 1 is 0.587 bits per heavy atom. The molecule has 3 aromatic carbocycles. The summed E-state index contributed by atoms with van der Waals surface area (Å²) in [7, 11) is -0.428. The highest BCUT2D eigenvalue weighted by Gasteiger charge is 2.63. The van der Waals surface area contributed by atoms with Gasteiger partial charge in [0.25, 0.3) is 10.0 Å². The highest BCUT2D eigenvalue weighted by molar-refractivity contribution is 7.89. The number of allylic oxidation sites excluding steroid dienone is 1. The molecule has 0 spiro atoms. The molecule has 2 saturated heterocycles. The van der Waals surface area contributed by atoms with Crippen molar-refractivity contribution < 1.29 is 85.4 Å². The summed E-state index contributed by atoms with van der Waals surface area (Å²) in [4.78, 5) is 136. The molecule has 2 aliphatic heterocycles. The third-order valence-electron chi connectivity index (χ3n) is 26.3. The molecule has 0 radical (unpaired) electrons. The maximum atomic E-state index is 14.8. The van der Waals surface area contributed by atoms with Crippen LogP contribution in [0.25, 0.3) is 44.6 Å². The van der Waals surface area contributed by atoms with Gasteiger partial charge in [-0.1, -0.05) is 102 Å². The van der Waals surface area contributed by atoms with Gasteiger partial charge in [0.2, 0.25) is 11.8 Å². The number of hydrogen-bond acceptors (Lipinski definition) is 25. The standard InChI is InChI=1S/C43H55ClN4O8S.C43H53ClN4O8S.C7H10N2O2S/c2*1-9-25-18-43(25,40(52)53)19-32(49)31-15-27(20-48(31)39(51)29(42(5,6)7)16-35(50)56-26-13-23-12-24(23)14-26)55-34-17-30(37-22(4)57-41(47-37)45-21(2)3)46-38-28(34)10-11-33(54-8)36(38)44;1-6-2-4-7(5-3-6)12(10,11)9-8/h10-11,17,21,23-27,29,31H,9,12-16,18-20H2,1-8H3,(H,45,47)(H,52,53);9-11,17,21,23-27,29,31H,1,12-16,18-20H2,2-8H3,(H,45,47)(H,52,53);2-5,9H,8H2,1H3/t2*23-,24+,25-,26?,27-,29-,31?,43-;/m11./s1. The zero-order chi connectivity index (χ0) is 91.5. The summed E-state index contributed by atoms with van der Waals surface area (Å²) in [5.74, 6) is 2.82. The van der Waals surface area contributed by atoms with Crippen LogP contribution in [0.2, 0.25) is 10.0 Å². The molecule has 0 bridgehead atoms. The molecular weight excluding hydrogens is 1710 g/mol. The summed E-state index contributed by atoms with van der Waals surface area (Å²) >= 11 is 16.8. The molecule has 2 amide bonds. The number of aliphatic carboxylic acids is 2. The lowest BCUT2D eigenvalue weighted by atomic mass is 9.77. The van der Waals surface area contributed by atoms with E-state index in [9.17, 15) is 57.0 Å². The first-order valence-electron chi connectivity index (χ1n) is 43.5. The van der Waals surface area contributed by atoms with E-state index in [1.807, 2.05) is 109 Å². The van der Waals surface area contributed by atoms with Crippen LogP contribution in [0.5, 0.6) is 23.0 Å². The van der Waals surface area contributed by atoms with Gasteiger partial charge >= 0.3 is 23.9 Å². The number of esters is 2. The smallest absolute Gasteiger partial charge is 0.310 e. The summed E-state index contributed by atoms with van der Waals surface area (Å²) < 4.78 is 58.6. The number of carboxylic acid groups (broad SMARTS) is 2. The van der Waals surface area contributed by atoms with E-state index < -0.39 is 91.7 Å². The first-order chi connectivity index (χ1) is 59.4. The first-order valence-corrected chi connectivity index (χ1v) is 47.4. The number of aromatic nitrogens is 4. The second kappa shape index (κ2) is 37.5. The number of methoxy groups -OCH3 is 2. The van der Waals surface area contributed by atoms with Gasteiger partial charge in [-0.25, -0.2) is 28.4 Å². The number of amides is 2. The fourth-order valence-corrected chi connectivity index (χ4v) is 21.9. The van der Waals surface area contributed by atoms with Crippen molar-refractivity contribution in [3.8, 4) is 45.8 Å². The highest BCUT2D eigenvalue weighted by atomic mass is 35.5. The number of hydrogen-bond donors (Lipinski definition) is 6. The predicted molar refractivity (Wildman–Crippen MR) is 483 cm³/mol. The highest BCUT2D eigenvalue weighted by Crippen LogP contribution is 2.60. The number of carbonyl (C=O) groups is 8. The quantitative estimate of drug-likeness (QED) is 0.00987. The van der Waals surface area contributed by atoms with Crippen molar-refractivity contribution in [1.82, 2.24) is 34.6 Å². The van der Waals surface area contributed by atoms with Gasteiger partial charge in [0.15, 0.2) is 21.8 Å². The Hall–Kier alpha value is -9.11. The molecule has 7 aromatic rings. The molecule has 15 rings (SSSR count). The number of ketones is 2. The number of ether oxygens (including phenoxy) is 6. The van der Waals surface area contributed by atoms with Crippen molar-refractivity contribution in [2.75, 3.05) is 37.9 Å². The number of thiazole rings is 2. The van der Waals surface area contributed by atoms with Crippen LogP contribution in [-0.4, -0.2) is 172 Å². The van der Waals surface area contributed by atoms with E-state index in [0.717, 1.165) is 51.3 Å². The van der Waals surface area contributed by atoms with Crippen LogP contribution >= 0.6 is 45.9 Å². The third kappa shape index (κ3) is 20.8. The van der Waals surface area contributed by atoms with Gasteiger partial charge in [-0.05, 0) is 183 Å². The van der Waals surface area contributed by atoms with Crippen molar-refractivity contribution in [2.45, 2.75) is 247 Å². The number of Topliss-reactive ketones (excluding diaryl/α,β-unsaturated/α-hetero) is 2. The second-order valence-electron chi connectivity index (χ2n) is 38.3. The molecule has 8 fully saturated rings. The summed E-state index contributed by atoms with van der Waals surface area (Å²) in [5.41, 5.74) is 0.548. The number of carboxylic acids is 2. The van der Waals surface area contributed by atoms with Gasteiger partial charge in [-0.2, -0.15) is 4.83 Å². The van der Waals surface area contributed by atoms with Crippen molar-refractivity contribution in [1.29, 1.82) is 0 Å². The lowest BCUT2D eigenvalue weighted by molar-refractivity contribution is -0.157. The van der Waals surface area contributed by atoms with Crippen LogP contribution < -0.4 is 40.3 Å². The van der Waals surface area contributed by atoms with Gasteiger partial charge < -0.3 is 59.1 Å².